The minimum atomic E-state index is -0.833. The maximum absolute atomic E-state index is 9.00. The third-order valence-corrected chi connectivity index (χ3v) is 0. The van der Waals surface area contributed by atoms with Crippen molar-refractivity contribution in [2.24, 2.45) is 22.9 Å². The van der Waals surface area contributed by atoms with Gasteiger partial charge >= 0.3 is 12.1 Å². The molecule has 0 aromatic heterocycles. The van der Waals surface area contributed by atoms with Gasteiger partial charge in [-0.05, 0) is 0 Å². The molecule has 70 valence electrons. The van der Waals surface area contributed by atoms with Gasteiger partial charge in [0.1, 0.15) is 6.79 Å². The number of rotatable bonds is 0. The number of urea groups is 2. The minimum absolute atomic E-state index is 0.833. The molecule has 0 heterocycles. The van der Waals surface area contributed by atoms with E-state index in [-0.39, 0.29) is 0 Å². The average molecular weight is 176 g/mol. The maximum Gasteiger partial charge on any atom is 0.309 e. The SMILES string of the molecule is C#C.C=O.NC(N)=O.NC(N)=O. The lowest BCUT2D eigenvalue weighted by atomic mass is 11.2. The van der Waals surface area contributed by atoms with Gasteiger partial charge in [0.15, 0.2) is 0 Å². The van der Waals surface area contributed by atoms with Crippen molar-refractivity contribution in [2.45, 2.75) is 0 Å². The Kier molecular flexibility index (Phi) is 70.1. The molecule has 0 saturated heterocycles. The van der Waals surface area contributed by atoms with E-state index in [1.165, 1.54) is 0 Å². The van der Waals surface area contributed by atoms with Crippen LogP contribution < -0.4 is 22.9 Å². The number of carbonyl (C=O) groups is 3. The largest absolute Gasteiger partial charge is 0.352 e. The van der Waals surface area contributed by atoms with Crippen LogP contribution in [-0.2, 0) is 4.79 Å². The molecule has 0 atom stereocenters. The van der Waals surface area contributed by atoms with Crippen molar-refractivity contribution in [1.29, 1.82) is 0 Å². The minimum Gasteiger partial charge on any atom is -0.352 e. The Bertz CT molecular complexity index is 114. The maximum atomic E-state index is 9.00. The van der Waals surface area contributed by atoms with Crippen LogP contribution in [0.15, 0.2) is 0 Å². The van der Waals surface area contributed by atoms with Crippen LogP contribution in [0.4, 0.5) is 9.59 Å². The Labute approximate surface area is 70.1 Å². The number of carbonyl (C=O) groups excluding carboxylic acids is 3. The van der Waals surface area contributed by atoms with Gasteiger partial charge in [-0.1, -0.05) is 0 Å². The van der Waals surface area contributed by atoms with E-state index in [0.29, 0.717) is 0 Å². The molecular weight excluding hydrogens is 164 g/mol. The molecule has 0 saturated carbocycles. The normalized spacial score (nSPS) is 4.50. The average Bonchev–Trinajstić information content (AvgIpc) is 1.93. The number of nitrogens with two attached hydrogens (primary N) is 4. The second-order valence-corrected chi connectivity index (χ2v) is 0.805. The number of terminal acetylenes is 1. The summed E-state index contributed by atoms with van der Waals surface area (Å²) in [7, 11) is 0. The van der Waals surface area contributed by atoms with Gasteiger partial charge in [0.2, 0.25) is 0 Å². The molecule has 0 aliphatic heterocycles. The van der Waals surface area contributed by atoms with Crippen LogP contribution >= 0.6 is 0 Å². The Morgan fingerprint density at radius 1 is 0.833 bits per heavy atom. The van der Waals surface area contributed by atoms with Gasteiger partial charge in [-0.2, -0.15) is 0 Å². The van der Waals surface area contributed by atoms with Crippen molar-refractivity contribution < 1.29 is 14.4 Å². The smallest absolute Gasteiger partial charge is 0.309 e. The molecule has 0 radical (unpaired) electrons. The van der Waals surface area contributed by atoms with Gasteiger partial charge in [-0.3, -0.25) is 0 Å². The fraction of sp³-hybridized carbons (Fsp3) is 0. The van der Waals surface area contributed by atoms with Crippen LogP contribution in [0.25, 0.3) is 0 Å². The van der Waals surface area contributed by atoms with Gasteiger partial charge in [-0.25, -0.2) is 9.59 Å². The molecule has 0 aliphatic rings. The van der Waals surface area contributed by atoms with Gasteiger partial charge < -0.3 is 27.7 Å². The Hall–Kier alpha value is -2.23. The first-order chi connectivity index (χ1) is 5.46. The molecule has 0 aromatic carbocycles. The predicted molar refractivity (Wildman–Crippen MR) is 44.6 cm³/mol. The molecule has 0 aliphatic carbocycles. The summed E-state index contributed by atoms with van der Waals surface area (Å²) >= 11 is 0. The van der Waals surface area contributed by atoms with Crippen molar-refractivity contribution in [3.8, 4) is 12.8 Å². The van der Waals surface area contributed by atoms with Gasteiger partial charge in [0, 0.05) is 0 Å². The van der Waals surface area contributed by atoms with E-state index in [0.717, 1.165) is 0 Å². The molecule has 8 N–H and O–H groups in total. The van der Waals surface area contributed by atoms with E-state index in [4.69, 9.17) is 14.4 Å². The van der Waals surface area contributed by atoms with Crippen molar-refractivity contribution in [1.82, 2.24) is 0 Å². The van der Waals surface area contributed by atoms with Crippen LogP contribution in [0.1, 0.15) is 0 Å². The highest BCUT2D eigenvalue weighted by atomic mass is 16.2. The lowest BCUT2D eigenvalue weighted by molar-refractivity contribution is -0.0979. The van der Waals surface area contributed by atoms with E-state index in [2.05, 4.69) is 35.8 Å². The van der Waals surface area contributed by atoms with Crippen molar-refractivity contribution in [3.05, 3.63) is 0 Å². The summed E-state index contributed by atoms with van der Waals surface area (Å²) in [6.07, 6.45) is 8.00. The lowest BCUT2D eigenvalue weighted by Crippen LogP contribution is -2.18. The molecule has 12 heavy (non-hydrogen) atoms. The predicted octanol–water partition coefficient (Wildman–Crippen LogP) is -1.89. The zero-order chi connectivity index (χ0) is 11.2. The van der Waals surface area contributed by atoms with Crippen LogP contribution in [0.3, 0.4) is 0 Å². The standard InChI is InChI=1S/C2H2.2CH4N2O.CH2O/c1-2;2*2-1(3)4;1-2/h1-2H;2*(H4,2,3,4);1H2. The summed E-state index contributed by atoms with van der Waals surface area (Å²) in [5.41, 5.74) is 17.0. The molecule has 0 aromatic rings. The van der Waals surface area contributed by atoms with Gasteiger partial charge in [0.25, 0.3) is 0 Å². The Balaban J connectivity index is -0.0000000380. The number of hydrogen-bond donors (Lipinski definition) is 4. The van der Waals surface area contributed by atoms with Crippen LogP contribution in [0.2, 0.25) is 0 Å². The van der Waals surface area contributed by atoms with Gasteiger partial charge in [0.05, 0.1) is 0 Å². The fourth-order valence-electron chi connectivity index (χ4n) is 0. The fourth-order valence-corrected chi connectivity index (χ4v) is 0. The summed E-state index contributed by atoms with van der Waals surface area (Å²) < 4.78 is 0. The van der Waals surface area contributed by atoms with E-state index >= 15 is 0 Å². The third-order valence-electron chi connectivity index (χ3n) is 0. The molecule has 7 nitrogen and oxygen atoms in total. The number of primary amides is 4. The second-order valence-electron chi connectivity index (χ2n) is 0.805. The second kappa shape index (κ2) is 37.3. The summed E-state index contributed by atoms with van der Waals surface area (Å²) in [4.78, 5) is 26.0. The van der Waals surface area contributed by atoms with E-state index in [1.807, 2.05) is 6.79 Å². The first kappa shape index (κ1) is 22.6. The molecule has 4 amide bonds. The molecule has 0 fully saturated rings. The summed E-state index contributed by atoms with van der Waals surface area (Å²) in [6, 6.07) is -1.67. The first-order valence-corrected chi connectivity index (χ1v) is 2.18. The highest BCUT2D eigenvalue weighted by molar-refractivity contribution is 5.69. The van der Waals surface area contributed by atoms with Crippen molar-refractivity contribution >= 4 is 18.9 Å². The lowest BCUT2D eigenvalue weighted by Gasteiger charge is -1.62. The topological polar surface area (TPSA) is 155 Å². The Morgan fingerprint density at radius 3 is 0.833 bits per heavy atom. The van der Waals surface area contributed by atoms with E-state index in [1.54, 1.807) is 0 Å². The van der Waals surface area contributed by atoms with Crippen LogP contribution in [0.5, 0.6) is 0 Å². The highest BCUT2D eigenvalue weighted by Gasteiger charge is 1.61. The van der Waals surface area contributed by atoms with Gasteiger partial charge in [-0.15, -0.1) is 12.8 Å². The van der Waals surface area contributed by atoms with E-state index in [9.17, 15) is 0 Å². The molecule has 0 spiro atoms. The van der Waals surface area contributed by atoms with Crippen molar-refractivity contribution in [3.63, 3.8) is 0 Å². The molecule has 0 unspecified atom stereocenters. The summed E-state index contributed by atoms with van der Waals surface area (Å²) in [5.74, 6) is 0. The summed E-state index contributed by atoms with van der Waals surface area (Å²) in [5, 5.41) is 0. The Morgan fingerprint density at radius 2 is 0.833 bits per heavy atom. The van der Waals surface area contributed by atoms with E-state index < -0.39 is 12.1 Å². The van der Waals surface area contributed by atoms with Crippen LogP contribution in [0, 0.1) is 12.8 Å². The zero-order valence-electron chi connectivity index (χ0n) is 6.40. The monoisotopic (exact) mass is 176 g/mol. The van der Waals surface area contributed by atoms with Crippen LogP contribution in [-0.4, -0.2) is 18.9 Å². The molecule has 0 rings (SSSR count). The zero-order valence-corrected chi connectivity index (χ0v) is 6.40. The number of amides is 4. The first-order valence-electron chi connectivity index (χ1n) is 2.18. The quantitative estimate of drug-likeness (QED) is 0.319. The van der Waals surface area contributed by atoms with Crippen molar-refractivity contribution in [2.75, 3.05) is 0 Å². The molecule has 0 bridgehead atoms. The summed E-state index contributed by atoms with van der Waals surface area (Å²) in [6.45, 7) is 2.00. The molecular formula is C5H12N4O3. The highest BCUT2D eigenvalue weighted by Crippen LogP contribution is 1.26. The number of hydrogen-bond acceptors (Lipinski definition) is 3. The third kappa shape index (κ3) is 71.6. The molecule has 7 heteroatoms.